The number of benzene rings is 1. The zero-order chi connectivity index (χ0) is 18.8. The first-order valence-electron chi connectivity index (χ1n) is 9.10. The van der Waals surface area contributed by atoms with Crippen LogP contribution in [-0.2, 0) is 14.8 Å². The van der Waals surface area contributed by atoms with Gasteiger partial charge in [0.1, 0.15) is 5.82 Å². The number of morpholine rings is 1. The summed E-state index contributed by atoms with van der Waals surface area (Å²) in [5, 5.41) is 0. The standard InChI is InChI=1S/C18H28FN3O3S/c1-15-13-16(3-4-17(15)19)26(23,24)20-14-18(5-7-21(2)8-6-18)22-9-11-25-12-10-22/h3-4,13,20H,5-12,14H2,1-2H3. The van der Waals surface area contributed by atoms with Crippen molar-refractivity contribution in [2.45, 2.75) is 30.2 Å². The van der Waals surface area contributed by atoms with Gasteiger partial charge in [-0.3, -0.25) is 4.90 Å². The summed E-state index contributed by atoms with van der Waals surface area (Å²) in [6.45, 7) is 6.81. The Hall–Kier alpha value is -1.06. The molecule has 1 aromatic carbocycles. The topological polar surface area (TPSA) is 61.9 Å². The number of nitrogens with zero attached hydrogens (tertiary/aromatic N) is 2. The molecule has 8 heteroatoms. The lowest BCUT2D eigenvalue weighted by Crippen LogP contribution is -2.62. The van der Waals surface area contributed by atoms with Gasteiger partial charge in [-0.15, -0.1) is 0 Å². The third-order valence-electron chi connectivity index (χ3n) is 5.63. The average molecular weight is 386 g/mol. The van der Waals surface area contributed by atoms with Crippen molar-refractivity contribution in [3.63, 3.8) is 0 Å². The highest BCUT2D eigenvalue weighted by Gasteiger charge is 2.40. The number of sulfonamides is 1. The number of halogens is 1. The fourth-order valence-electron chi connectivity index (χ4n) is 3.77. The highest BCUT2D eigenvalue weighted by atomic mass is 32.2. The minimum atomic E-state index is -3.68. The molecule has 0 spiro atoms. The summed E-state index contributed by atoms with van der Waals surface area (Å²) in [6, 6.07) is 3.91. The number of likely N-dealkylation sites (tertiary alicyclic amines) is 1. The van der Waals surface area contributed by atoms with Crippen molar-refractivity contribution in [2.24, 2.45) is 0 Å². The molecule has 1 aromatic rings. The Morgan fingerprint density at radius 2 is 1.85 bits per heavy atom. The summed E-state index contributed by atoms with van der Waals surface area (Å²) in [5.41, 5.74) is 0.133. The van der Waals surface area contributed by atoms with E-state index in [4.69, 9.17) is 4.74 Å². The van der Waals surface area contributed by atoms with E-state index in [1.165, 1.54) is 18.2 Å². The van der Waals surface area contributed by atoms with Gasteiger partial charge >= 0.3 is 0 Å². The summed E-state index contributed by atoms with van der Waals surface area (Å²) in [4.78, 5) is 4.76. The molecule has 0 unspecified atom stereocenters. The van der Waals surface area contributed by atoms with E-state index in [0.29, 0.717) is 25.3 Å². The predicted molar refractivity (Wildman–Crippen MR) is 98.2 cm³/mol. The maximum Gasteiger partial charge on any atom is 0.240 e. The second-order valence-electron chi connectivity index (χ2n) is 7.36. The molecule has 0 saturated carbocycles. The van der Waals surface area contributed by atoms with Gasteiger partial charge in [0.2, 0.25) is 10.0 Å². The summed E-state index contributed by atoms with van der Waals surface area (Å²) in [7, 11) is -1.59. The molecule has 26 heavy (non-hydrogen) atoms. The van der Waals surface area contributed by atoms with E-state index in [2.05, 4.69) is 21.6 Å². The van der Waals surface area contributed by atoms with Crippen LogP contribution in [0.15, 0.2) is 23.1 Å². The van der Waals surface area contributed by atoms with Gasteiger partial charge in [-0.2, -0.15) is 0 Å². The molecule has 0 bridgehead atoms. The van der Waals surface area contributed by atoms with Crippen LogP contribution in [0.1, 0.15) is 18.4 Å². The Balaban J connectivity index is 1.77. The third kappa shape index (κ3) is 4.26. The van der Waals surface area contributed by atoms with Crippen LogP contribution in [-0.4, -0.2) is 76.7 Å². The molecule has 0 aromatic heterocycles. The lowest BCUT2D eigenvalue weighted by molar-refractivity contribution is -0.0427. The van der Waals surface area contributed by atoms with Gasteiger partial charge in [-0.25, -0.2) is 17.5 Å². The van der Waals surface area contributed by atoms with E-state index in [9.17, 15) is 12.8 Å². The quantitative estimate of drug-likeness (QED) is 0.826. The van der Waals surface area contributed by atoms with Crippen LogP contribution in [0.5, 0.6) is 0 Å². The largest absolute Gasteiger partial charge is 0.379 e. The Labute approximate surface area is 155 Å². The number of nitrogens with one attached hydrogen (secondary N) is 1. The minimum Gasteiger partial charge on any atom is -0.379 e. The van der Waals surface area contributed by atoms with Crippen molar-refractivity contribution in [1.29, 1.82) is 0 Å². The van der Waals surface area contributed by atoms with Crippen molar-refractivity contribution in [3.8, 4) is 0 Å². The van der Waals surface area contributed by atoms with E-state index in [1.54, 1.807) is 6.92 Å². The summed E-state index contributed by atoms with van der Waals surface area (Å²) in [6.07, 6.45) is 1.82. The maximum absolute atomic E-state index is 13.5. The number of piperidine rings is 1. The third-order valence-corrected chi connectivity index (χ3v) is 7.03. The first-order chi connectivity index (χ1) is 12.3. The Kier molecular flexibility index (Phi) is 5.98. The molecule has 2 saturated heterocycles. The molecule has 0 atom stereocenters. The second kappa shape index (κ2) is 7.90. The van der Waals surface area contributed by atoms with Crippen molar-refractivity contribution in [3.05, 3.63) is 29.6 Å². The number of hydrogen-bond acceptors (Lipinski definition) is 5. The van der Waals surface area contributed by atoms with Crippen molar-refractivity contribution in [1.82, 2.24) is 14.5 Å². The molecular weight excluding hydrogens is 357 g/mol. The van der Waals surface area contributed by atoms with Gasteiger partial charge in [0, 0.05) is 25.2 Å². The number of ether oxygens (including phenoxy) is 1. The Morgan fingerprint density at radius 1 is 1.19 bits per heavy atom. The van der Waals surface area contributed by atoms with Gasteiger partial charge < -0.3 is 9.64 Å². The SMILES string of the molecule is Cc1cc(S(=O)(=O)NCC2(N3CCOCC3)CCN(C)CC2)ccc1F. The molecule has 2 aliphatic rings. The minimum absolute atomic E-state index is 0.112. The number of hydrogen-bond donors (Lipinski definition) is 1. The van der Waals surface area contributed by atoms with Crippen molar-refractivity contribution < 1.29 is 17.5 Å². The van der Waals surface area contributed by atoms with Crippen LogP contribution < -0.4 is 4.72 Å². The van der Waals surface area contributed by atoms with E-state index in [0.717, 1.165) is 39.0 Å². The van der Waals surface area contributed by atoms with E-state index < -0.39 is 15.8 Å². The van der Waals surface area contributed by atoms with Crippen LogP contribution >= 0.6 is 0 Å². The zero-order valence-electron chi connectivity index (χ0n) is 15.5. The lowest BCUT2D eigenvalue weighted by atomic mass is 9.85. The monoisotopic (exact) mass is 385 g/mol. The number of aryl methyl sites for hydroxylation is 1. The van der Waals surface area contributed by atoms with Crippen LogP contribution in [0.25, 0.3) is 0 Å². The lowest BCUT2D eigenvalue weighted by Gasteiger charge is -2.49. The summed E-state index contributed by atoms with van der Waals surface area (Å²) >= 11 is 0. The molecule has 0 radical (unpaired) electrons. The van der Waals surface area contributed by atoms with Crippen LogP contribution in [0, 0.1) is 12.7 Å². The van der Waals surface area contributed by atoms with E-state index in [1.807, 2.05) is 0 Å². The van der Waals surface area contributed by atoms with Gasteiger partial charge in [-0.05, 0) is 63.7 Å². The molecule has 3 rings (SSSR count). The second-order valence-corrected chi connectivity index (χ2v) is 9.13. The fourth-order valence-corrected chi connectivity index (χ4v) is 4.98. The summed E-state index contributed by atoms with van der Waals surface area (Å²) < 4.78 is 47.2. The normalized spacial score (nSPS) is 22.4. The molecule has 6 nitrogen and oxygen atoms in total. The molecule has 146 valence electrons. The Morgan fingerprint density at radius 3 is 2.46 bits per heavy atom. The van der Waals surface area contributed by atoms with Crippen LogP contribution in [0.4, 0.5) is 4.39 Å². The van der Waals surface area contributed by atoms with Crippen molar-refractivity contribution >= 4 is 10.0 Å². The molecular formula is C18H28FN3O3S. The van der Waals surface area contributed by atoms with E-state index in [-0.39, 0.29) is 10.4 Å². The average Bonchev–Trinajstić information content (AvgIpc) is 2.64. The smallest absolute Gasteiger partial charge is 0.240 e. The molecule has 0 amide bonds. The molecule has 1 N–H and O–H groups in total. The van der Waals surface area contributed by atoms with Gasteiger partial charge in [0.05, 0.1) is 18.1 Å². The fraction of sp³-hybridized carbons (Fsp3) is 0.667. The van der Waals surface area contributed by atoms with E-state index >= 15 is 0 Å². The molecule has 2 fully saturated rings. The highest BCUT2D eigenvalue weighted by Crippen LogP contribution is 2.29. The number of rotatable bonds is 5. The molecule has 2 aliphatic heterocycles. The molecule has 2 heterocycles. The first-order valence-corrected chi connectivity index (χ1v) is 10.6. The summed E-state index contributed by atoms with van der Waals surface area (Å²) in [5.74, 6) is -0.399. The van der Waals surface area contributed by atoms with Gasteiger partial charge in [0.25, 0.3) is 0 Å². The van der Waals surface area contributed by atoms with Gasteiger partial charge in [0.15, 0.2) is 0 Å². The first kappa shape index (κ1) is 19.7. The van der Waals surface area contributed by atoms with Crippen molar-refractivity contribution in [2.75, 3.05) is 53.0 Å². The van der Waals surface area contributed by atoms with Crippen LogP contribution in [0.2, 0.25) is 0 Å². The van der Waals surface area contributed by atoms with Gasteiger partial charge in [-0.1, -0.05) is 0 Å². The van der Waals surface area contributed by atoms with Crippen LogP contribution in [0.3, 0.4) is 0 Å². The predicted octanol–water partition coefficient (Wildman–Crippen LogP) is 1.21. The zero-order valence-corrected chi connectivity index (χ0v) is 16.3. The maximum atomic E-state index is 13.5. The Bertz CT molecular complexity index is 727. The highest BCUT2D eigenvalue weighted by molar-refractivity contribution is 7.89. The molecule has 0 aliphatic carbocycles.